The summed E-state index contributed by atoms with van der Waals surface area (Å²) in [6.45, 7) is 7.03. The van der Waals surface area contributed by atoms with Crippen LogP contribution in [0.25, 0.3) is 10.2 Å². The summed E-state index contributed by atoms with van der Waals surface area (Å²) in [6.07, 6.45) is 1.15. The van der Waals surface area contributed by atoms with Crippen LogP contribution in [-0.2, 0) is 17.7 Å². The summed E-state index contributed by atoms with van der Waals surface area (Å²) < 4.78 is 5.94. The lowest BCUT2D eigenvalue weighted by molar-refractivity contribution is 0.156. The molecule has 0 saturated heterocycles. The summed E-state index contributed by atoms with van der Waals surface area (Å²) in [5.41, 5.74) is 3.50. The van der Waals surface area contributed by atoms with Crippen molar-refractivity contribution in [1.29, 1.82) is 0 Å². The number of H-pyrrole nitrogens is 1. The number of phenolic OH excluding ortho intramolecular Hbond substituents is 1. The van der Waals surface area contributed by atoms with Crippen LogP contribution in [0.15, 0.2) is 41.2 Å². The molecule has 3 rings (SSSR count). The largest absolute Gasteiger partial charge is 0.506 e. The number of hydrogen-bond donors (Lipinski definition) is 5. The zero-order valence-electron chi connectivity index (χ0n) is 19.6. The summed E-state index contributed by atoms with van der Waals surface area (Å²) in [7, 11) is 1.74. The summed E-state index contributed by atoms with van der Waals surface area (Å²) in [4.78, 5) is 14.0. The van der Waals surface area contributed by atoms with Crippen LogP contribution in [-0.4, -0.2) is 48.0 Å². The summed E-state index contributed by atoms with van der Waals surface area (Å²) in [6, 6.07) is 12.0. The van der Waals surface area contributed by atoms with Gasteiger partial charge < -0.3 is 30.6 Å². The Morgan fingerprint density at radius 1 is 1.18 bits per heavy atom. The van der Waals surface area contributed by atoms with Crippen molar-refractivity contribution < 1.29 is 14.9 Å². The number of methoxy groups -OCH3 is 1. The lowest BCUT2D eigenvalue weighted by atomic mass is 10.0. The molecule has 0 radical (unpaired) electrons. The van der Waals surface area contributed by atoms with Crippen molar-refractivity contribution in [3.05, 3.63) is 62.8 Å². The standard InChI is InChI=1S/C25H35N3O4S/c1-16(2)11-19(15-32-3)27-13-18-6-4-5-17(12-18)9-10-26-14-22(30)20-7-8-21(29)23-24(20)33-25(31)28-23/h4-8,12,16,19,22,26-27,29-30H,9-11,13-15H2,1-3H3,(H,28,31)/t19-,22-/m0/s1. The number of aromatic hydroxyl groups is 1. The summed E-state index contributed by atoms with van der Waals surface area (Å²) >= 11 is 0.999. The molecule has 0 amide bonds. The third-order valence-electron chi connectivity index (χ3n) is 5.59. The van der Waals surface area contributed by atoms with E-state index in [0.717, 1.165) is 37.3 Å². The first-order chi connectivity index (χ1) is 15.9. The van der Waals surface area contributed by atoms with Crippen LogP contribution in [0.4, 0.5) is 0 Å². The number of benzene rings is 2. The fraction of sp³-hybridized carbons (Fsp3) is 0.480. The van der Waals surface area contributed by atoms with E-state index >= 15 is 0 Å². The Kier molecular flexibility index (Phi) is 9.46. The lowest BCUT2D eigenvalue weighted by Crippen LogP contribution is -2.34. The number of fused-ring (bicyclic) bond motifs is 1. The molecular weight excluding hydrogens is 438 g/mol. The molecule has 1 aromatic heterocycles. The minimum atomic E-state index is -0.770. The molecule has 8 heteroatoms. The number of ether oxygens (including phenoxy) is 1. The van der Waals surface area contributed by atoms with Crippen LogP contribution in [0.2, 0.25) is 0 Å². The number of rotatable bonds is 13. The Morgan fingerprint density at radius 3 is 2.73 bits per heavy atom. The molecule has 3 aromatic rings. The number of hydrogen-bond acceptors (Lipinski definition) is 7. The van der Waals surface area contributed by atoms with Gasteiger partial charge in [0.1, 0.15) is 11.3 Å². The monoisotopic (exact) mass is 473 g/mol. The van der Waals surface area contributed by atoms with Gasteiger partial charge in [-0.3, -0.25) is 4.79 Å². The first-order valence-corrected chi connectivity index (χ1v) is 12.2. The second-order valence-electron chi connectivity index (χ2n) is 8.85. The van der Waals surface area contributed by atoms with Crippen molar-refractivity contribution in [3.63, 3.8) is 0 Å². The molecule has 33 heavy (non-hydrogen) atoms. The Balaban J connectivity index is 1.49. The molecule has 2 aromatic carbocycles. The molecule has 5 N–H and O–H groups in total. The number of aromatic amines is 1. The van der Waals surface area contributed by atoms with Crippen LogP contribution in [0, 0.1) is 5.92 Å². The smallest absolute Gasteiger partial charge is 0.305 e. The van der Waals surface area contributed by atoms with Gasteiger partial charge >= 0.3 is 4.87 Å². The molecule has 180 valence electrons. The molecule has 0 saturated carbocycles. The molecule has 0 aliphatic carbocycles. The number of aromatic nitrogens is 1. The van der Waals surface area contributed by atoms with Gasteiger partial charge in [-0.1, -0.05) is 55.5 Å². The fourth-order valence-corrected chi connectivity index (χ4v) is 4.94. The van der Waals surface area contributed by atoms with Gasteiger partial charge in [0.25, 0.3) is 0 Å². The van der Waals surface area contributed by atoms with Crippen molar-refractivity contribution in [1.82, 2.24) is 15.6 Å². The molecule has 7 nitrogen and oxygen atoms in total. The van der Waals surface area contributed by atoms with Crippen molar-refractivity contribution in [3.8, 4) is 5.75 Å². The third-order valence-corrected chi connectivity index (χ3v) is 6.52. The first kappa shape index (κ1) is 25.4. The number of nitrogens with one attached hydrogen (secondary N) is 3. The highest BCUT2D eigenvalue weighted by atomic mass is 32.1. The molecule has 1 heterocycles. The maximum Gasteiger partial charge on any atom is 0.305 e. The topological polar surface area (TPSA) is 107 Å². The van der Waals surface area contributed by atoms with E-state index in [1.807, 2.05) is 0 Å². The predicted molar refractivity (Wildman–Crippen MR) is 134 cm³/mol. The van der Waals surface area contributed by atoms with Crippen molar-refractivity contribution in [2.24, 2.45) is 5.92 Å². The minimum absolute atomic E-state index is 0.0133. The Hall–Kier alpha value is -2.23. The second kappa shape index (κ2) is 12.3. The second-order valence-corrected chi connectivity index (χ2v) is 9.83. The van der Waals surface area contributed by atoms with Crippen LogP contribution in [0.3, 0.4) is 0 Å². The SMILES string of the molecule is COC[C@H](CC(C)C)NCc1cccc(CCNC[C@H](O)c2ccc(O)c3[nH]c(=O)sc23)c1. The maximum atomic E-state index is 11.7. The third kappa shape index (κ3) is 7.38. The number of aliphatic hydroxyl groups excluding tert-OH is 1. The Bertz CT molecular complexity index is 1080. The molecule has 0 aliphatic rings. The van der Waals surface area contributed by atoms with E-state index in [2.05, 4.69) is 53.7 Å². The number of thiazole rings is 1. The van der Waals surface area contributed by atoms with Gasteiger partial charge in [0, 0.05) is 31.8 Å². The summed E-state index contributed by atoms with van der Waals surface area (Å²) in [5.74, 6) is 0.628. The Morgan fingerprint density at radius 2 is 1.97 bits per heavy atom. The van der Waals surface area contributed by atoms with Gasteiger partial charge in [-0.15, -0.1) is 0 Å². The first-order valence-electron chi connectivity index (χ1n) is 11.4. The highest BCUT2D eigenvalue weighted by Crippen LogP contribution is 2.31. The van der Waals surface area contributed by atoms with Gasteiger partial charge in [-0.05, 0) is 42.5 Å². The average molecular weight is 474 g/mol. The normalized spacial score (nSPS) is 13.6. The van der Waals surface area contributed by atoms with Crippen molar-refractivity contribution in [2.75, 3.05) is 26.8 Å². The molecule has 0 unspecified atom stereocenters. The number of aliphatic hydroxyl groups is 1. The predicted octanol–water partition coefficient (Wildman–Crippen LogP) is 3.31. The van der Waals surface area contributed by atoms with Crippen LogP contribution in [0.5, 0.6) is 5.75 Å². The molecule has 0 spiro atoms. The zero-order chi connectivity index (χ0) is 23.8. The lowest BCUT2D eigenvalue weighted by Gasteiger charge is -2.20. The van der Waals surface area contributed by atoms with E-state index in [1.165, 1.54) is 17.2 Å². The molecule has 0 fully saturated rings. The quantitative estimate of drug-likeness (QED) is 0.244. The van der Waals surface area contributed by atoms with E-state index in [0.29, 0.717) is 40.9 Å². The van der Waals surface area contributed by atoms with Crippen molar-refractivity contribution >= 4 is 21.6 Å². The van der Waals surface area contributed by atoms with Gasteiger partial charge in [-0.25, -0.2) is 0 Å². The van der Waals surface area contributed by atoms with E-state index < -0.39 is 6.10 Å². The van der Waals surface area contributed by atoms with Gasteiger partial charge in [-0.2, -0.15) is 0 Å². The van der Waals surface area contributed by atoms with Gasteiger partial charge in [0.05, 0.1) is 17.4 Å². The molecule has 2 atom stereocenters. The van der Waals surface area contributed by atoms with Crippen LogP contribution in [0.1, 0.15) is 43.1 Å². The van der Waals surface area contributed by atoms with E-state index in [9.17, 15) is 15.0 Å². The van der Waals surface area contributed by atoms with E-state index in [1.54, 1.807) is 13.2 Å². The summed E-state index contributed by atoms with van der Waals surface area (Å²) in [5, 5.41) is 27.4. The van der Waals surface area contributed by atoms with Crippen molar-refractivity contribution in [2.45, 2.75) is 45.4 Å². The zero-order valence-corrected chi connectivity index (χ0v) is 20.4. The number of phenols is 1. The molecule has 0 bridgehead atoms. The fourth-order valence-electron chi connectivity index (χ4n) is 4.02. The van der Waals surface area contributed by atoms with Gasteiger partial charge in [0.2, 0.25) is 0 Å². The Labute approximate surface area is 198 Å². The van der Waals surface area contributed by atoms with Crippen LogP contribution >= 0.6 is 11.3 Å². The molecular formula is C25H35N3O4S. The van der Waals surface area contributed by atoms with E-state index in [-0.39, 0.29) is 10.6 Å². The molecule has 0 aliphatic heterocycles. The van der Waals surface area contributed by atoms with E-state index in [4.69, 9.17) is 4.74 Å². The van der Waals surface area contributed by atoms with Gasteiger partial charge in [0.15, 0.2) is 0 Å². The average Bonchev–Trinajstić information content (AvgIpc) is 3.17. The van der Waals surface area contributed by atoms with Crippen LogP contribution < -0.4 is 15.5 Å². The minimum Gasteiger partial charge on any atom is -0.506 e. The highest BCUT2D eigenvalue weighted by Gasteiger charge is 2.16. The highest BCUT2D eigenvalue weighted by molar-refractivity contribution is 7.16. The maximum absolute atomic E-state index is 11.7.